The summed E-state index contributed by atoms with van der Waals surface area (Å²) in [6, 6.07) is 10.0. The summed E-state index contributed by atoms with van der Waals surface area (Å²) in [5.74, 6) is 1.98. The molecule has 4 rings (SSSR count). The number of pyridine rings is 2. The minimum Gasteiger partial charge on any atom is -0.339 e. The van der Waals surface area contributed by atoms with Crippen LogP contribution in [0.5, 0.6) is 0 Å². The summed E-state index contributed by atoms with van der Waals surface area (Å²) in [7, 11) is 0. The second-order valence-corrected chi connectivity index (χ2v) is 6.96. The van der Waals surface area contributed by atoms with Crippen molar-refractivity contribution in [2.24, 2.45) is 0 Å². The number of piperidine rings is 1. The number of nitrogens with one attached hydrogen (secondary N) is 1. The van der Waals surface area contributed by atoms with Crippen LogP contribution in [0.1, 0.15) is 40.4 Å². The monoisotopic (exact) mass is 374 g/mol. The maximum absolute atomic E-state index is 12.5. The molecule has 4 heterocycles. The standard InChI is InChI=1S/C21H22N6O/c1-15-3-2-4-19(25-15)26-20-11-17(5-8-24-20)16-6-9-27(10-7-16)21(28)18-12-22-14-23-13-18/h2-5,8,11-14,16H,6-7,9-10H2,1H3,(H,24,25,26). The first kappa shape index (κ1) is 18.0. The van der Waals surface area contributed by atoms with Gasteiger partial charge < -0.3 is 10.2 Å². The zero-order valence-corrected chi connectivity index (χ0v) is 15.7. The number of hydrogen-bond donors (Lipinski definition) is 1. The number of aromatic nitrogens is 4. The predicted octanol–water partition coefficient (Wildman–Crippen LogP) is 3.34. The highest BCUT2D eigenvalue weighted by Gasteiger charge is 2.25. The van der Waals surface area contributed by atoms with Crippen LogP contribution in [0.3, 0.4) is 0 Å². The lowest BCUT2D eigenvalue weighted by atomic mass is 9.90. The third kappa shape index (κ3) is 4.14. The smallest absolute Gasteiger partial charge is 0.256 e. The van der Waals surface area contributed by atoms with Crippen LogP contribution < -0.4 is 5.32 Å². The molecule has 3 aromatic heterocycles. The molecule has 0 radical (unpaired) electrons. The van der Waals surface area contributed by atoms with Gasteiger partial charge in [-0.05, 0) is 55.5 Å². The van der Waals surface area contributed by atoms with Gasteiger partial charge in [0.1, 0.15) is 18.0 Å². The molecular weight excluding hydrogens is 352 g/mol. The fourth-order valence-corrected chi connectivity index (χ4v) is 3.52. The number of anilines is 2. The molecule has 1 amide bonds. The fourth-order valence-electron chi connectivity index (χ4n) is 3.52. The van der Waals surface area contributed by atoms with E-state index < -0.39 is 0 Å². The van der Waals surface area contributed by atoms with Gasteiger partial charge in [0.25, 0.3) is 5.91 Å². The highest BCUT2D eigenvalue weighted by Crippen LogP contribution is 2.30. The van der Waals surface area contributed by atoms with Gasteiger partial charge in [-0.2, -0.15) is 0 Å². The minimum atomic E-state index is 0.00153. The Balaban J connectivity index is 1.40. The molecule has 1 fully saturated rings. The van der Waals surface area contributed by atoms with Gasteiger partial charge in [0.2, 0.25) is 0 Å². The van der Waals surface area contributed by atoms with Gasteiger partial charge in [0.05, 0.1) is 5.56 Å². The third-order valence-electron chi connectivity index (χ3n) is 4.99. The number of carbonyl (C=O) groups excluding carboxylic acids is 1. The summed E-state index contributed by atoms with van der Waals surface area (Å²) in [5, 5.41) is 3.27. The van der Waals surface area contributed by atoms with Crippen molar-refractivity contribution in [1.82, 2.24) is 24.8 Å². The number of hydrogen-bond acceptors (Lipinski definition) is 6. The first-order chi connectivity index (χ1) is 13.7. The first-order valence-electron chi connectivity index (χ1n) is 9.40. The average molecular weight is 374 g/mol. The molecule has 1 saturated heterocycles. The number of amides is 1. The quantitative estimate of drug-likeness (QED) is 0.754. The van der Waals surface area contributed by atoms with Crippen LogP contribution in [0.15, 0.2) is 55.2 Å². The Bertz CT molecular complexity index is 954. The van der Waals surface area contributed by atoms with Gasteiger partial charge in [0, 0.05) is 37.4 Å². The number of carbonyl (C=O) groups is 1. The van der Waals surface area contributed by atoms with E-state index >= 15 is 0 Å². The molecular formula is C21H22N6O. The minimum absolute atomic E-state index is 0.00153. The Kier molecular flexibility index (Phi) is 5.23. The predicted molar refractivity (Wildman–Crippen MR) is 106 cm³/mol. The zero-order valence-electron chi connectivity index (χ0n) is 15.7. The van der Waals surface area contributed by atoms with E-state index in [1.165, 1.54) is 11.9 Å². The van der Waals surface area contributed by atoms with E-state index in [9.17, 15) is 4.79 Å². The van der Waals surface area contributed by atoms with Crippen molar-refractivity contribution in [3.8, 4) is 0 Å². The first-order valence-corrected chi connectivity index (χ1v) is 9.40. The molecule has 0 unspecified atom stereocenters. The van der Waals surface area contributed by atoms with E-state index in [2.05, 4.69) is 37.4 Å². The summed E-state index contributed by atoms with van der Waals surface area (Å²) < 4.78 is 0. The van der Waals surface area contributed by atoms with Gasteiger partial charge in [-0.1, -0.05) is 6.07 Å². The second kappa shape index (κ2) is 8.12. The van der Waals surface area contributed by atoms with E-state index in [0.717, 1.165) is 43.3 Å². The molecule has 0 saturated carbocycles. The van der Waals surface area contributed by atoms with Crippen LogP contribution in [0, 0.1) is 6.92 Å². The second-order valence-electron chi connectivity index (χ2n) is 6.96. The molecule has 28 heavy (non-hydrogen) atoms. The molecule has 142 valence electrons. The molecule has 7 nitrogen and oxygen atoms in total. The molecule has 0 atom stereocenters. The fraction of sp³-hybridized carbons (Fsp3) is 0.286. The Morgan fingerprint density at radius 1 is 1.11 bits per heavy atom. The summed E-state index contributed by atoms with van der Waals surface area (Å²) in [6.07, 6.45) is 8.25. The molecule has 3 aromatic rings. The number of rotatable bonds is 4. The van der Waals surface area contributed by atoms with Crippen LogP contribution >= 0.6 is 0 Å². The van der Waals surface area contributed by atoms with E-state index in [1.807, 2.05) is 36.2 Å². The lowest BCUT2D eigenvalue weighted by Crippen LogP contribution is -2.38. The van der Waals surface area contributed by atoms with E-state index in [4.69, 9.17) is 0 Å². The van der Waals surface area contributed by atoms with Gasteiger partial charge in [-0.25, -0.2) is 19.9 Å². The lowest BCUT2D eigenvalue weighted by molar-refractivity contribution is 0.0712. The summed E-state index contributed by atoms with van der Waals surface area (Å²) in [4.78, 5) is 31.2. The maximum atomic E-state index is 12.5. The molecule has 0 aliphatic carbocycles. The van der Waals surface area contributed by atoms with Crippen molar-refractivity contribution in [3.05, 3.63) is 72.1 Å². The van der Waals surface area contributed by atoms with Crippen molar-refractivity contribution in [1.29, 1.82) is 0 Å². The highest BCUT2D eigenvalue weighted by molar-refractivity contribution is 5.93. The average Bonchev–Trinajstić information content (AvgIpc) is 2.74. The van der Waals surface area contributed by atoms with Gasteiger partial charge >= 0.3 is 0 Å². The number of likely N-dealkylation sites (tertiary alicyclic amines) is 1. The van der Waals surface area contributed by atoms with Crippen molar-refractivity contribution >= 4 is 17.5 Å². The molecule has 0 spiro atoms. The van der Waals surface area contributed by atoms with Crippen LogP contribution in [-0.4, -0.2) is 43.8 Å². The Hall–Kier alpha value is -3.35. The molecule has 1 aliphatic rings. The molecule has 0 bridgehead atoms. The van der Waals surface area contributed by atoms with Crippen molar-refractivity contribution in [3.63, 3.8) is 0 Å². The Morgan fingerprint density at radius 2 is 1.89 bits per heavy atom. The molecule has 1 aliphatic heterocycles. The third-order valence-corrected chi connectivity index (χ3v) is 4.99. The van der Waals surface area contributed by atoms with E-state index in [-0.39, 0.29) is 5.91 Å². The number of aryl methyl sites for hydroxylation is 1. The van der Waals surface area contributed by atoms with Gasteiger partial charge in [-0.3, -0.25) is 4.79 Å². The van der Waals surface area contributed by atoms with Crippen molar-refractivity contribution in [2.45, 2.75) is 25.7 Å². The van der Waals surface area contributed by atoms with Gasteiger partial charge in [0.15, 0.2) is 0 Å². The van der Waals surface area contributed by atoms with Crippen LogP contribution in [0.2, 0.25) is 0 Å². The topological polar surface area (TPSA) is 83.9 Å². The van der Waals surface area contributed by atoms with E-state index in [0.29, 0.717) is 11.5 Å². The van der Waals surface area contributed by atoms with Gasteiger partial charge in [-0.15, -0.1) is 0 Å². The van der Waals surface area contributed by atoms with Crippen molar-refractivity contribution in [2.75, 3.05) is 18.4 Å². The molecule has 1 N–H and O–H groups in total. The van der Waals surface area contributed by atoms with Crippen LogP contribution in [0.25, 0.3) is 0 Å². The zero-order chi connectivity index (χ0) is 19.3. The number of nitrogens with zero attached hydrogens (tertiary/aromatic N) is 5. The summed E-state index contributed by atoms with van der Waals surface area (Å²) >= 11 is 0. The summed E-state index contributed by atoms with van der Waals surface area (Å²) in [6.45, 7) is 3.41. The Morgan fingerprint density at radius 3 is 2.64 bits per heavy atom. The SMILES string of the molecule is Cc1cccc(Nc2cc(C3CCN(C(=O)c4cncnc4)CC3)ccn2)n1. The lowest BCUT2D eigenvalue weighted by Gasteiger charge is -2.32. The van der Waals surface area contributed by atoms with Crippen molar-refractivity contribution < 1.29 is 4.79 Å². The normalized spacial score (nSPS) is 14.7. The van der Waals surface area contributed by atoms with Crippen LogP contribution in [0.4, 0.5) is 11.6 Å². The Labute approximate surface area is 163 Å². The maximum Gasteiger partial charge on any atom is 0.256 e. The molecule has 7 heteroatoms. The molecule has 0 aromatic carbocycles. The largest absolute Gasteiger partial charge is 0.339 e. The highest BCUT2D eigenvalue weighted by atomic mass is 16.2. The van der Waals surface area contributed by atoms with Crippen LogP contribution in [-0.2, 0) is 0 Å². The van der Waals surface area contributed by atoms with E-state index in [1.54, 1.807) is 12.4 Å². The summed E-state index contributed by atoms with van der Waals surface area (Å²) in [5.41, 5.74) is 2.74.